The molecular formula is C11H16N2O4. The number of ether oxygens (including phenoxy) is 1. The van der Waals surface area contributed by atoms with Gasteiger partial charge in [0, 0.05) is 17.0 Å². The standard InChI is InChI=1S/C11H16N2O4/c1-11(2,7-17-12)9-6-8(16-3)4-5-10(9)13(14)15/h4-6H,7,12H2,1-3H3. The molecule has 94 valence electrons. The van der Waals surface area contributed by atoms with Gasteiger partial charge >= 0.3 is 0 Å². The van der Waals surface area contributed by atoms with Crippen LogP contribution >= 0.6 is 0 Å². The lowest BCUT2D eigenvalue weighted by molar-refractivity contribution is -0.386. The van der Waals surface area contributed by atoms with Crippen LogP contribution in [0.3, 0.4) is 0 Å². The molecule has 2 N–H and O–H groups in total. The van der Waals surface area contributed by atoms with Crippen molar-refractivity contribution in [3.05, 3.63) is 33.9 Å². The maximum atomic E-state index is 11.0. The number of nitro benzene ring substituents is 1. The zero-order chi connectivity index (χ0) is 13.1. The van der Waals surface area contributed by atoms with Gasteiger partial charge in [-0.2, -0.15) is 0 Å². The van der Waals surface area contributed by atoms with E-state index in [4.69, 9.17) is 10.6 Å². The lowest BCUT2D eigenvalue weighted by Gasteiger charge is -2.23. The summed E-state index contributed by atoms with van der Waals surface area (Å²) in [6, 6.07) is 4.62. The highest BCUT2D eigenvalue weighted by atomic mass is 16.6. The van der Waals surface area contributed by atoms with Gasteiger partial charge in [0.15, 0.2) is 0 Å². The molecule has 0 radical (unpaired) electrons. The molecule has 0 fully saturated rings. The van der Waals surface area contributed by atoms with Crippen LogP contribution in [0.25, 0.3) is 0 Å². The fourth-order valence-corrected chi connectivity index (χ4v) is 1.63. The molecule has 0 bridgehead atoms. The second kappa shape index (κ2) is 5.11. The number of methoxy groups -OCH3 is 1. The fraction of sp³-hybridized carbons (Fsp3) is 0.455. The van der Waals surface area contributed by atoms with Crippen LogP contribution in [-0.4, -0.2) is 18.6 Å². The Balaban J connectivity index is 3.31. The second-order valence-corrected chi connectivity index (χ2v) is 4.34. The zero-order valence-electron chi connectivity index (χ0n) is 10.1. The van der Waals surface area contributed by atoms with Crippen LogP contribution < -0.4 is 10.6 Å². The van der Waals surface area contributed by atoms with Gasteiger partial charge in [0.1, 0.15) is 5.75 Å². The van der Waals surface area contributed by atoms with E-state index in [0.717, 1.165) is 0 Å². The molecule has 6 nitrogen and oxygen atoms in total. The number of nitro groups is 1. The molecule has 6 heteroatoms. The molecule has 0 heterocycles. The molecule has 1 aromatic carbocycles. The van der Waals surface area contributed by atoms with Gasteiger partial charge in [-0.3, -0.25) is 10.1 Å². The van der Waals surface area contributed by atoms with E-state index in [2.05, 4.69) is 4.84 Å². The van der Waals surface area contributed by atoms with E-state index in [1.54, 1.807) is 12.1 Å². The monoisotopic (exact) mass is 240 g/mol. The third kappa shape index (κ3) is 2.92. The molecule has 17 heavy (non-hydrogen) atoms. The molecule has 0 amide bonds. The smallest absolute Gasteiger partial charge is 0.273 e. The average Bonchev–Trinajstić information content (AvgIpc) is 2.28. The SMILES string of the molecule is COc1ccc([N+](=O)[O-])c(C(C)(C)CON)c1. The molecule has 0 saturated heterocycles. The quantitative estimate of drug-likeness (QED) is 0.626. The van der Waals surface area contributed by atoms with Crippen LogP contribution in [0.1, 0.15) is 19.4 Å². The van der Waals surface area contributed by atoms with Crippen molar-refractivity contribution in [2.45, 2.75) is 19.3 Å². The predicted molar refractivity (Wildman–Crippen MR) is 62.8 cm³/mol. The molecule has 1 rings (SSSR count). The van der Waals surface area contributed by atoms with Crippen molar-refractivity contribution in [3.8, 4) is 5.75 Å². The van der Waals surface area contributed by atoms with E-state index in [1.165, 1.54) is 13.2 Å². The summed E-state index contributed by atoms with van der Waals surface area (Å²) in [5.74, 6) is 5.61. The number of benzene rings is 1. The third-order valence-electron chi connectivity index (χ3n) is 2.57. The Morgan fingerprint density at radius 2 is 2.12 bits per heavy atom. The summed E-state index contributed by atoms with van der Waals surface area (Å²) in [6.07, 6.45) is 0. The maximum Gasteiger partial charge on any atom is 0.273 e. The van der Waals surface area contributed by atoms with E-state index < -0.39 is 10.3 Å². The summed E-state index contributed by atoms with van der Waals surface area (Å²) in [5.41, 5.74) is 0.00579. The van der Waals surface area contributed by atoms with Gasteiger partial charge < -0.3 is 9.57 Å². The first kappa shape index (κ1) is 13.4. The van der Waals surface area contributed by atoms with Crippen LogP contribution in [0.5, 0.6) is 5.75 Å². The Kier molecular flexibility index (Phi) is 4.03. The van der Waals surface area contributed by atoms with E-state index in [0.29, 0.717) is 11.3 Å². The highest BCUT2D eigenvalue weighted by Gasteiger charge is 2.29. The van der Waals surface area contributed by atoms with Crippen LogP contribution in [0.15, 0.2) is 18.2 Å². The molecule has 0 spiro atoms. The van der Waals surface area contributed by atoms with E-state index in [-0.39, 0.29) is 12.3 Å². The maximum absolute atomic E-state index is 11.0. The first-order valence-corrected chi connectivity index (χ1v) is 5.07. The molecule has 1 aromatic rings. The van der Waals surface area contributed by atoms with E-state index in [1.807, 2.05) is 13.8 Å². The van der Waals surface area contributed by atoms with Gasteiger partial charge in [0.25, 0.3) is 5.69 Å². The Labute approximate surface area is 99.4 Å². The van der Waals surface area contributed by atoms with Gasteiger partial charge in [-0.15, -0.1) is 0 Å². The van der Waals surface area contributed by atoms with Gasteiger partial charge in [-0.25, -0.2) is 5.90 Å². The Morgan fingerprint density at radius 3 is 2.59 bits per heavy atom. The van der Waals surface area contributed by atoms with Crippen LogP contribution in [-0.2, 0) is 10.3 Å². The van der Waals surface area contributed by atoms with Crippen molar-refractivity contribution in [2.75, 3.05) is 13.7 Å². The molecule has 0 aliphatic carbocycles. The lowest BCUT2D eigenvalue weighted by atomic mass is 9.84. The van der Waals surface area contributed by atoms with E-state index >= 15 is 0 Å². The normalized spacial score (nSPS) is 11.3. The minimum Gasteiger partial charge on any atom is -0.497 e. The van der Waals surface area contributed by atoms with Gasteiger partial charge in [-0.1, -0.05) is 13.8 Å². The molecule has 0 aliphatic rings. The number of hydrogen-bond donors (Lipinski definition) is 1. The predicted octanol–water partition coefficient (Wildman–Crippen LogP) is 1.77. The summed E-state index contributed by atoms with van der Waals surface area (Å²) < 4.78 is 5.07. The lowest BCUT2D eigenvalue weighted by Crippen LogP contribution is -2.27. The van der Waals surface area contributed by atoms with Crippen LogP contribution in [0.2, 0.25) is 0 Å². The Bertz CT molecular complexity index is 418. The van der Waals surface area contributed by atoms with Crippen molar-refractivity contribution >= 4 is 5.69 Å². The zero-order valence-corrected chi connectivity index (χ0v) is 10.1. The first-order chi connectivity index (χ1) is 7.92. The minimum atomic E-state index is -0.564. The topological polar surface area (TPSA) is 87.6 Å². The van der Waals surface area contributed by atoms with Crippen molar-refractivity contribution in [2.24, 2.45) is 5.90 Å². The average molecular weight is 240 g/mol. The third-order valence-corrected chi connectivity index (χ3v) is 2.57. The van der Waals surface area contributed by atoms with E-state index in [9.17, 15) is 10.1 Å². The molecule has 0 saturated carbocycles. The van der Waals surface area contributed by atoms with Crippen molar-refractivity contribution in [1.82, 2.24) is 0 Å². The highest BCUT2D eigenvalue weighted by molar-refractivity contribution is 5.49. The Morgan fingerprint density at radius 1 is 1.47 bits per heavy atom. The number of hydrogen-bond acceptors (Lipinski definition) is 5. The van der Waals surface area contributed by atoms with Crippen molar-refractivity contribution in [1.29, 1.82) is 0 Å². The molecule has 0 unspecified atom stereocenters. The second-order valence-electron chi connectivity index (χ2n) is 4.34. The minimum absolute atomic E-state index is 0.0350. The molecule has 0 aromatic heterocycles. The van der Waals surface area contributed by atoms with Crippen molar-refractivity contribution < 1.29 is 14.5 Å². The summed E-state index contributed by atoms with van der Waals surface area (Å²) >= 11 is 0. The van der Waals surface area contributed by atoms with Crippen LogP contribution in [0.4, 0.5) is 5.69 Å². The fourth-order valence-electron chi connectivity index (χ4n) is 1.63. The van der Waals surface area contributed by atoms with Crippen LogP contribution in [0, 0.1) is 10.1 Å². The number of rotatable bonds is 5. The first-order valence-electron chi connectivity index (χ1n) is 5.07. The van der Waals surface area contributed by atoms with Crippen molar-refractivity contribution in [3.63, 3.8) is 0 Å². The summed E-state index contributed by atoms with van der Waals surface area (Å²) in [4.78, 5) is 15.1. The van der Waals surface area contributed by atoms with Gasteiger partial charge in [0.05, 0.1) is 18.6 Å². The number of nitrogens with two attached hydrogens (primary N) is 1. The molecule has 0 atom stereocenters. The molecular weight excluding hydrogens is 224 g/mol. The van der Waals surface area contributed by atoms with Gasteiger partial charge in [-0.05, 0) is 12.1 Å². The highest BCUT2D eigenvalue weighted by Crippen LogP contribution is 2.34. The Hall–Kier alpha value is -1.66. The number of nitrogens with zero attached hydrogens (tertiary/aromatic N) is 1. The molecule has 0 aliphatic heterocycles. The largest absolute Gasteiger partial charge is 0.497 e. The summed E-state index contributed by atoms with van der Waals surface area (Å²) in [6.45, 7) is 3.82. The summed E-state index contributed by atoms with van der Waals surface area (Å²) in [5, 5.41) is 11.0. The van der Waals surface area contributed by atoms with Gasteiger partial charge in [0.2, 0.25) is 0 Å². The summed E-state index contributed by atoms with van der Waals surface area (Å²) in [7, 11) is 1.51.